The number of carbonyl (C=O) groups is 1. The Morgan fingerprint density at radius 3 is 2.81 bits per heavy atom. The molecule has 2 aromatic rings. The Bertz CT molecular complexity index is 940. The molecule has 4 rings (SSSR count). The highest BCUT2D eigenvalue weighted by atomic mass is 16.6. The molecule has 32 heavy (non-hydrogen) atoms. The molecule has 1 amide bonds. The van der Waals surface area contributed by atoms with Crippen LogP contribution in [0, 0.1) is 5.92 Å². The Morgan fingerprint density at radius 2 is 2.12 bits per heavy atom. The zero-order chi connectivity index (χ0) is 22.8. The maximum absolute atomic E-state index is 12.9. The molecule has 1 unspecified atom stereocenters. The number of methoxy groups -OCH3 is 1. The smallest absolute Gasteiger partial charge is 0.414 e. The number of fused-ring (bicyclic) bond motifs is 1. The molecule has 9 heteroatoms. The van der Waals surface area contributed by atoms with E-state index in [4.69, 9.17) is 9.47 Å². The summed E-state index contributed by atoms with van der Waals surface area (Å²) in [4.78, 5) is 16.3. The molecule has 2 N–H and O–H groups in total. The number of rotatable bonds is 6. The van der Waals surface area contributed by atoms with E-state index in [9.17, 15) is 9.90 Å². The summed E-state index contributed by atoms with van der Waals surface area (Å²) >= 11 is 0. The molecule has 0 bridgehead atoms. The fourth-order valence-electron chi connectivity index (χ4n) is 4.46. The minimum absolute atomic E-state index is 0.161. The molecule has 1 aromatic carbocycles. The van der Waals surface area contributed by atoms with Gasteiger partial charge in [-0.25, -0.2) is 4.79 Å². The van der Waals surface area contributed by atoms with E-state index >= 15 is 0 Å². The number of aliphatic hydroxyl groups is 1. The number of hydrogen-bond donors (Lipinski definition) is 2. The van der Waals surface area contributed by atoms with Crippen LogP contribution < -0.4 is 15.1 Å². The topological polar surface area (TPSA) is 92.1 Å². The maximum Gasteiger partial charge on any atom is 0.414 e. The van der Waals surface area contributed by atoms with Crippen molar-refractivity contribution >= 4 is 17.5 Å². The van der Waals surface area contributed by atoms with Gasteiger partial charge in [0, 0.05) is 38.0 Å². The molecule has 0 aliphatic carbocycles. The summed E-state index contributed by atoms with van der Waals surface area (Å²) < 4.78 is 12.7. The summed E-state index contributed by atoms with van der Waals surface area (Å²) in [5.41, 5.74) is 3.32. The molecule has 0 saturated carbocycles. The first kappa shape index (κ1) is 22.6. The van der Waals surface area contributed by atoms with Crippen LogP contribution >= 0.6 is 0 Å². The molecule has 174 valence electrons. The lowest BCUT2D eigenvalue weighted by molar-refractivity contribution is -0.0785. The van der Waals surface area contributed by atoms with Gasteiger partial charge in [0.05, 0.1) is 23.7 Å². The van der Waals surface area contributed by atoms with Gasteiger partial charge in [0.15, 0.2) is 0 Å². The van der Waals surface area contributed by atoms with E-state index in [0.29, 0.717) is 23.8 Å². The number of ether oxygens (including phenoxy) is 2. The van der Waals surface area contributed by atoms with Crippen molar-refractivity contribution in [1.82, 2.24) is 15.1 Å². The second kappa shape index (κ2) is 9.48. The molecule has 3 atom stereocenters. The second-order valence-electron chi connectivity index (χ2n) is 8.87. The third-order valence-corrected chi connectivity index (χ3v) is 6.05. The van der Waals surface area contributed by atoms with Crippen molar-refractivity contribution < 1.29 is 19.4 Å². The van der Waals surface area contributed by atoms with Crippen LogP contribution in [0.25, 0.3) is 11.1 Å². The van der Waals surface area contributed by atoms with Crippen molar-refractivity contribution in [2.75, 3.05) is 36.5 Å². The number of nitrogens with one attached hydrogen (secondary N) is 1. The van der Waals surface area contributed by atoms with Crippen LogP contribution in [0.3, 0.4) is 0 Å². The lowest BCUT2D eigenvalue weighted by Crippen LogP contribution is -2.54. The minimum atomic E-state index is -1.11. The van der Waals surface area contributed by atoms with Crippen LogP contribution in [0.4, 0.5) is 16.2 Å². The summed E-state index contributed by atoms with van der Waals surface area (Å²) in [7, 11) is 1.46. The van der Waals surface area contributed by atoms with E-state index in [0.717, 1.165) is 37.2 Å². The molecule has 1 aromatic heterocycles. The van der Waals surface area contributed by atoms with Gasteiger partial charge in [0.2, 0.25) is 6.41 Å². The molecule has 0 radical (unpaired) electrons. The number of anilines is 2. The number of nitrogens with zero attached hydrogens (tertiary/aromatic N) is 4. The monoisotopic (exact) mass is 443 g/mol. The van der Waals surface area contributed by atoms with Crippen LogP contribution in [0.5, 0.6) is 0 Å². The Hall–Kier alpha value is -2.62. The van der Waals surface area contributed by atoms with E-state index in [2.05, 4.69) is 10.4 Å². The molecule has 9 nitrogen and oxygen atoms in total. The molecule has 2 aliphatic heterocycles. The van der Waals surface area contributed by atoms with Crippen LogP contribution in [0.2, 0.25) is 0 Å². The van der Waals surface area contributed by atoms with Gasteiger partial charge >= 0.3 is 6.09 Å². The fraction of sp³-hybridized carbons (Fsp3) is 0.565. The first-order chi connectivity index (χ1) is 15.4. The van der Waals surface area contributed by atoms with Crippen LogP contribution in [0.1, 0.15) is 27.2 Å². The largest absolute Gasteiger partial charge is 0.446 e. The maximum atomic E-state index is 12.9. The van der Waals surface area contributed by atoms with Gasteiger partial charge in [0.25, 0.3) is 0 Å². The molecule has 0 spiro atoms. The van der Waals surface area contributed by atoms with Crippen molar-refractivity contribution in [3.8, 4) is 11.1 Å². The van der Waals surface area contributed by atoms with E-state index in [-0.39, 0.29) is 12.1 Å². The Morgan fingerprint density at radius 1 is 1.31 bits per heavy atom. The number of aliphatic hydroxyl groups excluding tert-OH is 1. The lowest BCUT2D eigenvalue weighted by Gasteiger charge is -2.43. The van der Waals surface area contributed by atoms with Crippen molar-refractivity contribution in [2.24, 2.45) is 5.92 Å². The molecular weight excluding hydrogens is 410 g/mol. The Balaban J connectivity index is 1.67. The normalized spacial score (nSPS) is 21.7. The average Bonchev–Trinajstić information content (AvgIpc) is 3.44. The van der Waals surface area contributed by atoms with Gasteiger partial charge < -0.3 is 24.8 Å². The van der Waals surface area contributed by atoms with Gasteiger partial charge in [-0.3, -0.25) is 9.58 Å². The zero-order valence-electron chi connectivity index (χ0n) is 19.2. The van der Waals surface area contributed by atoms with Gasteiger partial charge in [-0.15, -0.1) is 0 Å². The summed E-state index contributed by atoms with van der Waals surface area (Å²) in [5, 5.41) is 18.4. The predicted molar refractivity (Wildman–Crippen MR) is 123 cm³/mol. The van der Waals surface area contributed by atoms with Crippen molar-refractivity contribution in [1.29, 1.82) is 0 Å². The number of aromatic nitrogens is 2. The second-order valence-corrected chi connectivity index (χ2v) is 8.87. The molecule has 1 fully saturated rings. The first-order valence-corrected chi connectivity index (χ1v) is 11.2. The molecular formula is C23H33N5O4. The highest BCUT2D eigenvalue weighted by Gasteiger charge is 2.36. The fourth-order valence-corrected chi connectivity index (χ4v) is 4.46. The van der Waals surface area contributed by atoms with Crippen LogP contribution in [-0.4, -0.2) is 66.3 Å². The third-order valence-electron chi connectivity index (χ3n) is 6.05. The highest BCUT2D eigenvalue weighted by molar-refractivity contribution is 5.95. The highest BCUT2D eigenvalue weighted by Crippen LogP contribution is 2.40. The minimum Gasteiger partial charge on any atom is -0.446 e. The standard InChI is InChI=1S/C23H33N5O4/c1-15(2)32-22(29)27-12-16(3)28(23(30)31-4)20-6-5-18(9-21(20)27)19-11-25-26(14-19)13-17-7-8-24-10-17/h5-6,9,11,14-17,23-24,30H,7-8,10,12-13H2,1-4H3/t16-,17+,23?/m0/s1. The number of amides is 1. The van der Waals surface area contributed by atoms with E-state index < -0.39 is 12.5 Å². The van der Waals surface area contributed by atoms with E-state index in [1.807, 2.05) is 56.0 Å². The first-order valence-electron chi connectivity index (χ1n) is 11.2. The Labute approximate surface area is 188 Å². The molecule has 2 aliphatic rings. The van der Waals surface area contributed by atoms with Crippen molar-refractivity contribution in [2.45, 2.75) is 52.3 Å². The van der Waals surface area contributed by atoms with Crippen LogP contribution in [-0.2, 0) is 16.0 Å². The number of benzene rings is 1. The van der Waals surface area contributed by atoms with Crippen LogP contribution in [0.15, 0.2) is 30.6 Å². The Kier molecular flexibility index (Phi) is 6.68. The average molecular weight is 444 g/mol. The molecule has 3 heterocycles. The quantitative estimate of drug-likeness (QED) is 0.663. The van der Waals surface area contributed by atoms with Gasteiger partial charge in [0.1, 0.15) is 0 Å². The lowest BCUT2D eigenvalue weighted by atomic mass is 10.0. The summed E-state index contributed by atoms with van der Waals surface area (Å²) in [6, 6.07) is 5.69. The van der Waals surface area contributed by atoms with Gasteiger partial charge in [-0.1, -0.05) is 6.07 Å². The van der Waals surface area contributed by atoms with E-state index in [1.54, 1.807) is 9.80 Å². The van der Waals surface area contributed by atoms with E-state index in [1.165, 1.54) is 7.11 Å². The number of carbonyl (C=O) groups excluding carboxylic acids is 1. The third kappa shape index (κ3) is 4.60. The zero-order valence-corrected chi connectivity index (χ0v) is 19.2. The summed E-state index contributed by atoms with van der Waals surface area (Å²) in [5.74, 6) is 0.596. The summed E-state index contributed by atoms with van der Waals surface area (Å²) in [6.07, 6.45) is 3.33. The van der Waals surface area contributed by atoms with Gasteiger partial charge in [-0.05, 0) is 63.9 Å². The van der Waals surface area contributed by atoms with Gasteiger partial charge in [-0.2, -0.15) is 5.10 Å². The van der Waals surface area contributed by atoms with Crippen molar-refractivity contribution in [3.05, 3.63) is 30.6 Å². The summed E-state index contributed by atoms with van der Waals surface area (Å²) in [6.45, 7) is 8.95. The number of hydrogen-bond acceptors (Lipinski definition) is 7. The molecule has 1 saturated heterocycles. The van der Waals surface area contributed by atoms with Crippen molar-refractivity contribution in [3.63, 3.8) is 0 Å². The SMILES string of the molecule is COC(O)N1c2ccc(-c3cnn(C[C@@H]4CCNC4)c3)cc2N(C(=O)OC(C)C)C[C@@H]1C. The predicted octanol–water partition coefficient (Wildman–Crippen LogP) is 2.64.